The molecule has 2 aromatic carbocycles. The number of carbonyl (C=O) groups is 1. The highest BCUT2D eigenvalue weighted by Crippen LogP contribution is 2.23. The molecule has 0 aliphatic rings. The van der Waals surface area contributed by atoms with Crippen LogP contribution >= 0.6 is 22.9 Å². The largest absolute Gasteiger partial charge is 0.271 e. The first kappa shape index (κ1) is 20.3. The average Bonchev–Trinajstić information content (AvgIpc) is 3.10. The summed E-state index contributed by atoms with van der Waals surface area (Å²) in [6, 6.07) is 19.4. The van der Waals surface area contributed by atoms with E-state index in [-0.39, 0.29) is 11.7 Å². The number of carbonyl (C=O) groups excluding carboxylic acids is 1. The Balaban J connectivity index is 1.93. The van der Waals surface area contributed by atoms with E-state index < -0.39 is 9.84 Å². The normalized spacial score (nSPS) is 12.0. The van der Waals surface area contributed by atoms with Gasteiger partial charge in [-0.05, 0) is 36.4 Å². The Morgan fingerprint density at radius 1 is 1.00 bits per heavy atom. The molecule has 0 bridgehead atoms. The van der Waals surface area contributed by atoms with Crippen LogP contribution in [-0.4, -0.2) is 26.3 Å². The smallest absolute Gasteiger partial charge is 0.267 e. The van der Waals surface area contributed by atoms with E-state index in [1.54, 1.807) is 60.7 Å². The third-order valence-electron chi connectivity index (χ3n) is 3.72. The summed E-state index contributed by atoms with van der Waals surface area (Å²) in [5, 5.41) is 4.90. The zero-order valence-electron chi connectivity index (χ0n) is 14.9. The van der Waals surface area contributed by atoms with Crippen molar-refractivity contribution in [3.8, 4) is 0 Å². The quantitative estimate of drug-likeness (QED) is 0.470. The molecule has 3 rings (SSSR count). The van der Waals surface area contributed by atoms with Crippen LogP contribution < -0.4 is 5.43 Å². The molecule has 0 fully saturated rings. The fourth-order valence-corrected chi connectivity index (χ4v) is 4.90. The van der Waals surface area contributed by atoms with Crippen LogP contribution in [0.1, 0.15) is 25.7 Å². The molecule has 0 saturated heterocycles. The monoisotopic (exact) mass is 432 g/mol. The minimum absolute atomic E-state index is 0.0397. The van der Waals surface area contributed by atoms with E-state index in [0.29, 0.717) is 21.2 Å². The first-order chi connectivity index (χ1) is 13.3. The highest BCUT2D eigenvalue weighted by Gasteiger charge is 2.14. The zero-order chi connectivity index (χ0) is 20.1. The summed E-state index contributed by atoms with van der Waals surface area (Å²) < 4.78 is 23.1. The van der Waals surface area contributed by atoms with Gasteiger partial charge in [-0.3, -0.25) is 4.79 Å². The van der Waals surface area contributed by atoms with E-state index in [0.717, 1.165) is 10.4 Å². The molecule has 8 heteroatoms. The molecule has 0 aliphatic heterocycles. The van der Waals surface area contributed by atoms with Crippen LogP contribution in [0.3, 0.4) is 0 Å². The predicted molar refractivity (Wildman–Crippen MR) is 114 cm³/mol. The summed E-state index contributed by atoms with van der Waals surface area (Å²) in [6.45, 7) is 0. The van der Waals surface area contributed by atoms with Gasteiger partial charge in [0.1, 0.15) is 5.71 Å². The van der Waals surface area contributed by atoms with Gasteiger partial charge in [0.15, 0.2) is 9.84 Å². The molecule has 1 amide bonds. The topological polar surface area (TPSA) is 75.6 Å². The van der Waals surface area contributed by atoms with E-state index in [9.17, 15) is 13.2 Å². The highest BCUT2D eigenvalue weighted by atomic mass is 35.5. The number of nitrogens with zero attached hydrogens (tertiary/aromatic N) is 1. The molecule has 28 heavy (non-hydrogen) atoms. The van der Waals surface area contributed by atoms with Crippen molar-refractivity contribution in [2.75, 3.05) is 6.26 Å². The van der Waals surface area contributed by atoms with Gasteiger partial charge in [-0.1, -0.05) is 41.9 Å². The van der Waals surface area contributed by atoms with Crippen molar-refractivity contribution < 1.29 is 13.2 Å². The number of halogens is 1. The van der Waals surface area contributed by atoms with Crippen LogP contribution in [0.4, 0.5) is 0 Å². The Morgan fingerprint density at radius 3 is 2.32 bits per heavy atom. The molecule has 0 saturated carbocycles. The Morgan fingerprint density at radius 2 is 1.68 bits per heavy atom. The van der Waals surface area contributed by atoms with Crippen molar-refractivity contribution >= 4 is 44.4 Å². The molecule has 0 aliphatic carbocycles. The zero-order valence-corrected chi connectivity index (χ0v) is 17.3. The van der Waals surface area contributed by atoms with Crippen LogP contribution in [0.2, 0.25) is 5.02 Å². The van der Waals surface area contributed by atoms with E-state index in [4.69, 9.17) is 11.6 Å². The molecule has 3 aromatic rings. The maximum Gasteiger partial charge on any atom is 0.271 e. The number of nitrogens with one attached hydrogen (secondary N) is 1. The molecule has 0 radical (unpaired) electrons. The third kappa shape index (κ3) is 5.51. The van der Waals surface area contributed by atoms with Crippen molar-refractivity contribution in [2.24, 2.45) is 5.10 Å². The average molecular weight is 433 g/mol. The van der Waals surface area contributed by atoms with E-state index in [1.165, 1.54) is 17.6 Å². The van der Waals surface area contributed by atoms with Crippen molar-refractivity contribution in [1.82, 2.24) is 5.43 Å². The van der Waals surface area contributed by atoms with Gasteiger partial charge >= 0.3 is 0 Å². The molecule has 144 valence electrons. The molecule has 0 unspecified atom stereocenters. The van der Waals surface area contributed by atoms with Gasteiger partial charge in [-0.2, -0.15) is 5.10 Å². The SMILES string of the molecule is CS(=O)(=O)Cc1ccc(C(=NNC(=O)c2ccccc2)c2ccc(Cl)cc2)s1. The van der Waals surface area contributed by atoms with E-state index in [2.05, 4.69) is 10.5 Å². The van der Waals surface area contributed by atoms with Gasteiger partial charge in [0.25, 0.3) is 5.91 Å². The van der Waals surface area contributed by atoms with Gasteiger partial charge in [0.2, 0.25) is 0 Å². The highest BCUT2D eigenvalue weighted by molar-refractivity contribution is 7.90. The van der Waals surface area contributed by atoms with E-state index >= 15 is 0 Å². The molecule has 0 spiro atoms. The van der Waals surface area contributed by atoms with Crippen LogP contribution in [0.25, 0.3) is 0 Å². The fourth-order valence-electron chi connectivity index (χ4n) is 2.47. The molecule has 1 heterocycles. The second kappa shape index (κ2) is 8.68. The summed E-state index contributed by atoms with van der Waals surface area (Å²) in [5.74, 6) is -0.373. The summed E-state index contributed by atoms with van der Waals surface area (Å²) in [7, 11) is -3.14. The van der Waals surface area contributed by atoms with Crippen LogP contribution in [0.15, 0.2) is 71.8 Å². The van der Waals surface area contributed by atoms with Crippen molar-refractivity contribution in [2.45, 2.75) is 5.75 Å². The first-order valence-electron chi connectivity index (χ1n) is 8.28. The van der Waals surface area contributed by atoms with Crippen molar-refractivity contribution in [3.63, 3.8) is 0 Å². The van der Waals surface area contributed by atoms with Crippen molar-refractivity contribution in [3.05, 3.63) is 92.6 Å². The number of benzene rings is 2. The van der Waals surface area contributed by atoms with Gasteiger partial charge in [0, 0.05) is 27.3 Å². The van der Waals surface area contributed by atoms with Crippen LogP contribution in [0.5, 0.6) is 0 Å². The van der Waals surface area contributed by atoms with Gasteiger partial charge in [0.05, 0.1) is 10.6 Å². The molecular formula is C20H17ClN2O3S2. The number of sulfone groups is 1. The Kier molecular flexibility index (Phi) is 6.28. The second-order valence-electron chi connectivity index (χ2n) is 6.11. The number of hydrogen-bond acceptors (Lipinski definition) is 5. The van der Waals surface area contributed by atoms with Crippen molar-refractivity contribution in [1.29, 1.82) is 0 Å². The number of hydrazone groups is 1. The number of hydrogen-bond donors (Lipinski definition) is 1. The standard InChI is InChI=1S/C20H17ClN2O3S2/c1-28(25,26)13-17-11-12-18(27-17)19(14-7-9-16(21)10-8-14)22-23-20(24)15-5-3-2-4-6-15/h2-12H,13H2,1H3,(H,23,24). The maximum absolute atomic E-state index is 12.3. The second-order valence-corrected chi connectivity index (χ2v) is 9.86. The van der Waals surface area contributed by atoms with Gasteiger partial charge in [-0.25, -0.2) is 13.8 Å². The number of amides is 1. The number of thiophene rings is 1. The fraction of sp³-hybridized carbons (Fsp3) is 0.100. The lowest BCUT2D eigenvalue weighted by atomic mass is 10.1. The lowest BCUT2D eigenvalue weighted by molar-refractivity contribution is 0.0955. The Labute approximate surface area is 172 Å². The first-order valence-corrected chi connectivity index (χ1v) is 11.5. The third-order valence-corrected chi connectivity index (χ3v) is 6.08. The summed E-state index contributed by atoms with van der Waals surface area (Å²) in [4.78, 5) is 13.8. The van der Waals surface area contributed by atoms with Crippen LogP contribution in [-0.2, 0) is 15.6 Å². The molecule has 5 nitrogen and oxygen atoms in total. The maximum atomic E-state index is 12.3. The van der Waals surface area contributed by atoms with Gasteiger partial charge < -0.3 is 0 Å². The van der Waals surface area contributed by atoms with E-state index in [1.807, 2.05) is 6.07 Å². The molecule has 1 N–H and O–H groups in total. The minimum Gasteiger partial charge on any atom is -0.267 e. The predicted octanol–water partition coefficient (Wildman–Crippen LogP) is 4.13. The lowest BCUT2D eigenvalue weighted by Gasteiger charge is -2.06. The Hall–Kier alpha value is -2.48. The Bertz CT molecular complexity index is 1110. The summed E-state index contributed by atoms with van der Waals surface area (Å²) in [6.07, 6.45) is 1.20. The summed E-state index contributed by atoms with van der Waals surface area (Å²) >= 11 is 7.29. The number of rotatable bonds is 6. The van der Waals surface area contributed by atoms with Crippen LogP contribution in [0, 0.1) is 0 Å². The minimum atomic E-state index is -3.14. The molecular weight excluding hydrogens is 416 g/mol. The lowest BCUT2D eigenvalue weighted by Crippen LogP contribution is -2.20. The molecule has 0 atom stereocenters. The van der Waals surface area contributed by atoms with Gasteiger partial charge in [-0.15, -0.1) is 11.3 Å². The molecule has 1 aromatic heterocycles. The summed E-state index contributed by atoms with van der Waals surface area (Å²) in [5.41, 5.74) is 4.35.